The topological polar surface area (TPSA) is 55.6 Å². The summed E-state index contributed by atoms with van der Waals surface area (Å²) >= 11 is 2.02. The van der Waals surface area contributed by atoms with E-state index in [9.17, 15) is 4.79 Å². The first-order valence-corrected chi connectivity index (χ1v) is 8.90. The van der Waals surface area contributed by atoms with Crippen LogP contribution in [0, 0.1) is 5.92 Å². The van der Waals surface area contributed by atoms with E-state index in [1.807, 2.05) is 23.7 Å². The van der Waals surface area contributed by atoms with Gasteiger partial charge in [-0.15, -0.1) is 0 Å². The molecule has 0 aromatic heterocycles. The van der Waals surface area contributed by atoms with E-state index < -0.39 is 0 Å². The Morgan fingerprint density at radius 2 is 2.05 bits per heavy atom. The summed E-state index contributed by atoms with van der Waals surface area (Å²) in [4.78, 5) is 14.5. The van der Waals surface area contributed by atoms with Crippen LogP contribution in [0.3, 0.4) is 0 Å². The van der Waals surface area contributed by atoms with Crippen LogP contribution in [0.5, 0.6) is 0 Å². The zero-order chi connectivity index (χ0) is 14.5. The SMILES string of the molecule is CCSC1CCC(N(C)C(=O)C(N)C2CCOCC2)C1. The molecular formula is C15H28N2O2S. The smallest absolute Gasteiger partial charge is 0.239 e. The summed E-state index contributed by atoms with van der Waals surface area (Å²) < 4.78 is 5.35. The van der Waals surface area contributed by atoms with Crippen molar-refractivity contribution in [2.45, 2.75) is 56.4 Å². The molecule has 1 saturated carbocycles. The summed E-state index contributed by atoms with van der Waals surface area (Å²) in [6, 6.07) is 0.0409. The molecule has 1 saturated heterocycles. The highest BCUT2D eigenvalue weighted by Gasteiger charge is 2.34. The maximum absolute atomic E-state index is 12.5. The monoisotopic (exact) mass is 300 g/mol. The number of carbonyl (C=O) groups excluding carboxylic acids is 1. The van der Waals surface area contributed by atoms with Gasteiger partial charge in [-0.25, -0.2) is 0 Å². The zero-order valence-corrected chi connectivity index (χ0v) is 13.5. The van der Waals surface area contributed by atoms with Crippen LogP contribution in [0.15, 0.2) is 0 Å². The number of thioether (sulfide) groups is 1. The lowest BCUT2D eigenvalue weighted by molar-refractivity contribution is -0.135. The summed E-state index contributed by atoms with van der Waals surface area (Å²) in [6.07, 6.45) is 5.31. The van der Waals surface area contributed by atoms with Gasteiger partial charge >= 0.3 is 0 Å². The van der Waals surface area contributed by atoms with Crippen LogP contribution in [0.2, 0.25) is 0 Å². The van der Waals surface area contributed by atoms with Gasteiger partial charge in [-0.05, 0) is 43.8 Å². The number of hydrogen-bond acceptors (Lipinski definition) is 4. The number of amides is 1. The molecule has 0 bridgehead atoms. The Labute approximate surface area is 126 Å². The molecule has 1 aliphatic heterocycles. The Morgan fingerprint density at radius 1 is 1.35 bits per heavy atom. The Hall–Kier alpha value is -0.260. The summed E-state index contributed by atoms with van der Waals surface area (Å²) in [5.74, 6) is 1.58. The Morgan fingerprint density at radius 3 is 2.70 bits per heavy atom. The molecule has 2 fully saturated rings. The van der Waals surface area contributed by atoms with Gasteiger partial charge in [0.1, 0.15) is 0 Å². The van der Waals surface area contributed by atoms with Crippen LogP contribution in [-0.4, -0.2) is 54.2 Å². The molecule has 2 rings (SSSR count). The number of carbonyl (C=O) groups is 1. The van der Waals surface area contributed by atoms with E-state index in [2.05, 4.69) is 6.92 Å². The third-order valence-electron chi connectivity index (χ3n) is 4.71. The molecule has 2 N–H and O–H groups in total. The molecular weight excluding hydrogens is 272 g/mol. The largest absolute Gasteiger partial charge is 0.381 e. The average molecular weight is 300 g/mol. The van der Waals surface area contributed by atoms with Crippen molar-refractivity contribution in [2.24, 2.45) is 11.7 Å². The maximum atomic E-state index is 12.5. The van der Waals surface area contributed by atoms with Gasteiger partial charge in [-0.2, -0.15) is 11.8 Å². The van der Waals surface area contributed by atoms with Crippen molar-refractivity contribution in [3.8, 4) is 0 Å². The number of rotatable bonds is 5. The lowest BCUT2D eigenvalue weighted by Crippen LogP contribution is -2.50. The molecule has 4 nitrogen and oxygen atoms in total. The normalized spacial score (nSPS) is 29.4. The second kappa shape index (κ2) is 7.66. The average Bonchev–Trinajstić information content (AvgIpc) is 2.95. The first kappa shape index (κ1) is 16.1. The highest BCUT2D eigenvalue weighted by atomic mass is 32.2. The van der Waals surface area contributed by atoms with Crippen LogP contribution in [-0.2, 0) is 9.53 Å². The fourth-order valence-corrected chi connectivity index (χ4v) is 4.48. The van der Waals surface area contributed by atoms with E-state index in [0.717, 1.165) is 49.9 Å². The van der Waals surface area contributed by atoms with Gasteiger partial charge in [0, 0.05) is 31.6 Å². The predicted octanol–water partition coefficient (Wildman–Crippen LogP) is 1.87. The van der Waals surface area contributed by atoms with E-state index in [4.69, 9.17) is 10.5 Å². The van der Waals surface area contributed by atoms with Crippen LogP contribution in [0.4, 0.5) is 0 Å². The van der Waals surface area contributed by atoms with Gasteiger partial charge in [-0.3, -0.25) is 4.79 Å². The second-order valence-electron chi connectivity index (χ2n) is 5.97. The lowest BCUT2D eigenvalue weighted by Gasteiger charge is -2.32. The second-order valence-corrected chi connectivity index (χ2v) is 7.55. The molecule has 3 atom stereocenters. The summed E-state index contributed by atoms with van der Waals surface area (Å²) in [7, 11) is 1.94. The molecule has 0 aromatic rings. The van der Waals surface area contributed by atoms with E-state index in [1.165, 1.54) is 6.42 Å². The highest BCUT2D eigenvalue weighted by molar-refractivity contribution is 7.99. The summed E-state index contributed by atoms with van der Waals surface area (Å²) in [6.45, 7) is 3.69. The fraction of sp³-hybridized carbons (Fsp3) is 0.933. The Kier molecular flexibility index (Phi) is 6.18. The van der Waals surface area contributed by atoms with Crippen LogP contribution >= 0.6 is 11.8 Å². The first-order chi connectivity index (χ1) is 9.63. The number of hydrogen-bond donors (Lipinski definition) is 1. The summed E-state index contributed by atoms with van der Waals surface area (Å²) in [5.41, 5.74) is 6.20. The van der Waals surface area contributed by atoms with Crippen molar-refractivity contribution in [1.29, 1.82) is 0 Å². The minimum atomic E-state index is -0.346. The molecule has 0 aromatic carbocycles. The van der Waals surface area contributed by atoms with Gasteiger partial charge in [-0.1, -0.05) is 6.92 Å². The quantitative estimate of drug-likeness (QED) is 0.842. The minimum Gasteiger partial charge on any atom is -0.381 e. The van der Waals surface area contributed by atoms with Crippen molar-refractivity contribution < 1.29 is 9.53 Å². The Bertz CT molecular complexity index is 321. The van der Waals surface area contributed by atoms with Gasteiger partial charge in [0.2, 0.25) is 5.91 Å². The van der Waals surface area contributed by atoms with Crippen molar-refractivity contribution in [3.63, 3.8) is 0 Å². The molecule has 20 heavy (non-hydrogen) atoms. The van der Waals surface area contributed by atoms with Crippen molar-refractivity contribution in [3.05, 3.63) is 0 Å². The first-order valence-electron chi connectivity index (χ1n) is 7.85. The third-order valence-corrected chi connectivity index (χ3v) is 5.95. The summed E-state index contributed by atoms with van der Waals surface area (Å²) in [5, 5.41) is 0.722. The number of nitrogens with zero attached hydrogens (tertiary/aromatic N) is 1. The van der Waals surface area contributed by atoms with Gasteiger partial charge < -0.3 is 15.4 Å². The molecule has 5 heteroatoms. The maximum Gasteiger partial charge on any atom is 0.239 e. The van der Waals surface area contributed by atoms with E-state index in [0.29, 0.717) is 12.0 Å². The zero-order valence-electron chi connectivity index (χ0n) is 12.7. The molecule has 1 amide bonds. The van der Waals surface area contributed by atoms with Crippen LogP contribution in [0.25, 0.3) is 0 Å². The van der Waals surface area contributed by atoms with Gasteiger partial charge in [0.15, 0.2) is 0 Å². The minimum absolute atomic E-state index is 0.129. The van der Waals surface area contributed by atoms with E-state index >= 15 is 0 Å². The van der Waals surface area contributed by atoms with Crippen molar-refractivity contribution in [2.75, 3.05) is 26.0 Å². The number of nitrogens with two attached hydrogens (primary N) is 1. The molecule has 1 heterocycles. The van der Waals surface area contributed by atoms with E-state index in [-0.39, 0.29) is 11.9 Å². The third kappa shape index (κ3) is 3.89. The lowest BCUT2D eigenvalue weighted by atomic mass is 9.91. The van der Waals surface area contributed by atoms with Crippen molar-refractivity contribution in [1.82, 2.24) is 4.90 Å². The van der Waals surface area contributed by atoms with Crippen LogP contribution in [0.1, 0.15) is 39.0 Å². The molecule has 1 aliphatic carbocycles. The van der Waals surface area contributed by atoms with Gasteiger partial charge in [0.25, 0.3) is 0 Å². The standard InChI is InChI=1S/C15H28N2O2S/c1-3-20-13-5-4-12(10-13)17(2)15(18)14(16)11-6-8-19-9-7-11/h11-14H,3-10,16H2,1-2H3. The molecule has 3 unspecified atom stereocenters. The number of likely N-dealkylation sites (N-methyl/N-ethyl adjacent to an activating group) is 1. The number of ether oxygens (including phenoxy) is 1. The molecule has 0 spiro atoms. The molecule has 0 radical (unpaired) electrons. The molecule has 2 aliphatic rings. The van der Waals surface area contributed by atoms with Crippen LogP contribution < -0.4 is 5.73 Å². The van der Waals surface area contributed by atoms with Crippen molar-refractivity contribution >= 4 is 17.7 Å². The fourth-order valence-electron chi connectivity index (χ4n) is 3.35. The Balaban J connectivity index is 1.85. The highest BCUT2D eigenvalue weighted by Crippen LogP contribution is 2.32. The van der Waals surface area contributed by atoms with Gasteiger partial charge in [0.05, 0.1) is 6.04 Å². The molecule has 116 valence electrons. The van der Waals surface area contributed by atoms with E-state index in [1.54, 1.807) is 0 Å². The predicted molar refractivity (Wildman–Crippen MR) is 83.8 cm³/mol.